The molecule has 0 saturated carbocycles. The third-order valence-corrected chi connectivity index (χ3v) is 3.56. The maximum Gasteiger partial charge on any atom is 0.251 e. The lowest BCUT2D eigenvalue weighted by atomic mass is 9.98. The Morgan fingerprint density at radius 2 is 2.06 bits per heavy atom. The number of hydrogen-bond acceptors (Lipinski definition) is 1. The largest absolute Gasteiger partial charge is 0.361 e. The summed E-state index contributed by atoms with van der Waals surface area (Å²) in [7, 11) is 0. The number of carbonyl (C=O) groups excluding carboxylic acids is 1. The maximum absolute atomic E-state index is 12.2. The molecule has 3 nitrogen and oxygen atoms in total. The first-order valence-electron chi connectivity index (χ1n) is 6.44. The van der Waals surface area contributed by atoms with E-state index in [2.05, 4.69) is 31.1 Å². The summed E-state index contributed by atoms with van der Waals surface area (Å²) in [6, 6.07) is 7.68. The molecule has 1 amide bonds. The molecule has 1 unspecified atom stereocenters. The minimum absolute atomic E-state index is 0.00713. The molecule has 1 heterocycles. The Hall–Kier alpha value is -1.77. The van der Waals surface area contributed by atoms with E-state index in [1.54, 1.807) is 0 Å². The van der Waals surface area contributed by atoms with E-state index >= 15 is 0 Å². The van der Waals surface area contributed by atoms with Crippen molar-refractivity contribution in [1.29, 1.82) is 0 Å². The van der Waals surface area contributed by atoms with Gasteiger partial charge in [0.15, 0.2) is 0 Å². The lowest BCUT2D eigenvalue weighted by Crippen LogP contribution is -2.30. The highest BCUT2D eigenvalue weighted by Gasteiger charge is 2.12. The van der Waals surface area contributed by atoms with Gasteiger partial charge in [-0.05, 0) is 30.0 Å². The van der Waals surface area contributed by atoms with Crippen molar-refractivity contribution >= 4 is 16.8 Å². The Labute approximate surface area is 108 Å². The zero-order chi connectivity index (χ0) is 13.1. The van der Waals surface area contributed by atoms with Crippen molar-refractivity contribution in [2.45, 2.75) is 20.8 Å². The molecule has 3 heteroatoms. The summed E-state index contributed by atoms with van der Waals surface area (Å²) in [4.78, 5) is 15.3. The van der Waals surface area contributed by atoms with Gasteiger partial charge in [-0.2, -0.15) is 0 Å². The van der Waals surface area contributed by atoms with Crippen molar-refractivity contribution in [2.24, 2.45) is 11.8 Å². The van der Waals surface area contributed by atoms with E-state index in [1.807, 2.05) is 30.5 Å². The van der Waals surface area contributed by atoms with Crippen LogP contribution in [-0.2, 0) is 0 Å². The first-order chi connectivity index (χ1) is 8.59. The lowest BCUT2D eigenvalue weighted by Gasteiger charge is -2.16. The fourth-order valence-electron chi connectivity index (χ4n) is 1.87. The average molecular weight is 244 g/mol. The summed E-state index contributed by atoms with van der Waals surface area (Å²) < 4.78 is 0. The van der Waals surface area contributed by atoms with Crippen LogP contribution in [-0.4, -0.2) is 17.4 Å². The second kappa shape index (κ2) is 5.25. The van der Waals surface area contributed by atoms with Gasteiger partial charge in [0.1, 0.15) is 0 Å². The summed E-state index contributed by atoms with van der Waals surface area (Å²) in [5, 5.41) is 3.99. The van der Waals surface area contributed by atoms with Gasteiger partial charge in [-0.3, -0.25) is 4.79 Å². The molecule has 0 radical (unpaired) electrons. The van der Waals surface area contributed by atoms with Crippen molar-refractivity contribution < 1.29 is 4.79 Å². The molecule has 1 atom stereocenters. The SMILES string of the molecule is CC(C)C(C)CNC(=O)c1cccc2[nH]ccc12. The van der Waals surface area contributed by atoms with E-state index in [4.69, 9.17) is 0 Å². The molecule has 2 aromatic rings. The van der Waals surface area contributed by atoms with Gasteiger partial charge in [0, 0.05) is 29.2 Å². The molecule has 0 bridgehead atoms. The Morgan fingerprint density at radius 1 is 1.28 bits per heavy atom. The summed E-state index contributed by atoms with van der Waals surface area (Å²) in [5.74, 6) is 1.07. The number of fused-ring (bicyclic) bond motifs is 1. The number of aromatic amines is 1. The van der Waals surface area contributed by atoms with Crippen LogP contribution in [0.25, 0.3) is 10.9 Å². The van der Waals surface area contributed by atoms with Crippen LogP contribution in [0.4, 0.5) is 0 Å². The molecular weight excluding hydrogens is 224 g/mol. The van der Waals surface area contributed by atoms with Gasteiger partial charge in [0.25, 0.3) is 5.91 Å². The number of H-pyrrole nitrogens is 1. The molecule has 2 N–H and O–H groups in total. The number of aromatic nitrogens is 1. The third kappa shape index (κ3) is 2.55. The second-order valence-electron chi connectivity index (χ2n) is 5.18. The normalized spacial score (nSPS) is 12.9. The Morgan fingerprint density at radius 3 is 2.78 bits per heavy atom. The van der Waals surface area contributed by atoms with Gasteiger partial charge in [-0.1, -0.05) is 26.8 Å². The van der Waals surface area contributed by atoms with Crippen LogP contribution < -0.4 is 5.32 Å². The molecule has 1 aromatic carbocycles. The van der Waals surface area contributed by atoms with Crippen molar-refractivity contribution in [3.63, 3.8) is 0 Å². The van der Waals surface area contributed by atoms with E-state index in [1.165, 1.54) is 0 Å². The quantitative estimate of drug-likeness (QED) is 0.852. The van der Waals surface area contributed by atoms with Crippen LogP contribution >= 0.6 is 0 Å². The lowest BCUT2D eigenvalue weighted by molar-refractivity contribution is 0.0946. The summed E-state index contributed by atoms with van der Waals surface area (Å²) in [6.07, 6.45) is 1.86. The third-order valence-electron chi connectivity index (χ3n) is 3.56. The molecule has 18 heavy (non-hydrogen) atoms. The number of rotatable bonds is 4. The molecule has 2 rings (SSSR count). The number of amides is 1. The summed E-state index contributed by atoms with van der Waals surface area (Å²) in [6.45, 7) is 7.21. The zero-order valence-corrected chi connectivity index (χ0v) is 11.2. The minimum atomic E-state index is 0.00713. The van der Waals surface area contributed by atoms with E-state index in [9.17, 15) is 4.79 Å². The van der Waals surface area contributed by atoms with Crippen LogP contribution in [0.3, 0.4) is 0 Å². The first kappa shape index (κ1) is 12.7. The standard InChI is InChI=1S/C15H20N2O/c1-10(2)11(3)9-17-15(18)13-5-4-6-14-12(13)7-8-16-14/h4-8,10-11,16H,9H2,1-3H3,(H,17,18). The molecular formula is C15H20N2O. The molecule has 0 fully saturated rings. The van der Waals surface area contributed by atoms with Gasteiger partial charge in [-0.25, -0.2) is 0 Å². The molecule has 0 spiro atoms. The predicted molar refractivity (Wildman–Crippen MR) is 74.6 cm³/mol. The molecule has 1 aromatic heterocycles. The van der Waals surface area contributed by atoms with E-state index < -0.39 is 0 Å². The van der Waals surface area contributed by atoms with Gasteiger partial charge in [-0.15, -0.1) is 0 Å². The first-order valence-corrected chi connectivity index (χ1v) is 6.44. The van der Waals surface area contributed by atoms with Gasteiger partial charge < -0.3 is 10.3 Å². The van der Waals surface area contributed by atoms with Crippen LogP contribution in [0.2, 0.25) is 0 Å². The zero-order valence-electron chi connectivity index (χ0n) is 11.2. The van der Waals surface area contributed by atoms with E-state index in [-0.39, 0.29) is 5.91 Å². The Kier molecular flexibility index (Phi) is 3.70. The van der Waals surface area contributed by atoms with Crippen LogP contribution in [0.15, 0.2) is 30.5 Å². The fourth-order valence-corrected chi connectivity index (χ4v) is 1.87. The van der Waals surface area contributed by atoms with E-state index in [0.29, 0.717) is 11.8 Å². The van der Waals surface area contributed by atoms with Crippen LogP contribution in [0.1, 0.15) is 31.1 Å². The summed E-state index contributed by atoms with van der Waals surface area (Å²) >= 11 is 0. The molecule has 96 valence electrons. The highest BCUT2D eigenvalue weighted by Crippen LogP contribution is 2.17. The van der Waals surface area contributed by atoms with Crippen molar-refractivity contribution in [3.05, 3.63) is 36.0 Å². The topological polar surface area (TPSA) is 44.9 Å². The van der Waals surface area contributed by atoms with E-state index in [0.717, 1.165) is 23.0 Å². The monoisotopic (exact) mass is 244 g/mol. The Balaban J connectivity index is 2.12. The maximum atomic E-state index is 12.2. The highest BCUT2D eigenvalue weighted by atomic mass is 16.1. The highest BCUT2D eigenvalue weighted by molar-refractivity contribution is 6.06. The molecule has 0 aliphatic rings. The number of carbonyl (C=O) groups is 1. The number of hydrogen-bond donors (Lipinski definition) is 2. The average Bonchev–Trinajstić information content (AvgIpc) is 2.83. The summed E-state index contributed by atoms with van der Waals surface area (Å²) in [5.41, 5.74) is 1.74. The van der Waals surface area contributed by atoms with Crippen molar-refractivity contribution in [2.75, 3.05) is 6.54 Å². The minimum Gasteiger partial charge on any atom is -0.361 e. The fraction of sp³-hybridized carbons (Fsp3) is 0.400. The van der Waals surface area contributed by atoms with Crippen molar-refractivity contribution in [1.82, 2.24) is 10.3 Å². The van der Waals surface area contributed by atoms with Crippen LogP contribution in [0, 0.1) is 11.8 Å². The predicted octanol–water partition coefficient (Wildman–Crippen LogP) is 3.19. The second-order valence-corrected chi connectivity index (χ2v) is 5.18. The Bertz CT molecular complexity index is 542. The number of benzene rings is 1. The molecule has 0 saturated heterocycles. The molecule has 0 aliphatic carbocycles. The van der Waals surface area contributed by atoms with Crippen molar-refractivity contribution in [3.8, 4) is 0 Å². The van der Waals surface area contributed by atoms with Gasteiger partial charge in [0.05, 0.1) is 0 Å². The van der Waals surface area contributed by atoms with Gasteiger partial charge >= 0.3 is 0 Å². The van der Waals surface area contributed by atoms with Gasteiger partial charge in [0.2, 0.25) is 0 Å². The molecule has 0 aliphatic heterocycles. The smallest absolute Gasteiger partial charge is 0.251 e. The van der Waals surface area contributed by atoms with Crippen LogP contribution in [0.5, 0.6) is 0 Å². The number of nitrogens with one attached hydrogen (secondary N) is 2.